The van der Waals surface area contributed by atoms with Gasteiger partial charge in [0.2, 0.25) is 0 Å². The molecule has 3 rings (SSSR count). The predicted octanol–water partition coefficient (Wildman–Crippen LogP) is 2.54. The maximum atomic E-state index is 14.0. The van der Waals surface area contributed by atoms with Gasteiger partial charge in [0, 0.05) is 11.5 Å². The minimum Gasteiger partial charge on any atom is -0.508 e. The fraction of sp³-hybridized carbons (Fsp3) is 0.500. The van der Waals surface area contributed by atoms with Crippen LogP contribution in [0.25, 0.3) is 0 Å². The topological polar surface area (TPSA) is 29.5 Å². The molecule has 0 radical (unpaired) electrons. The Labute approximate surface area is 97.8 Å². The molecular formula is C12H13FO2S. The van der Waals surface area contributed by atoms with E-state index in [4.69, 9.17) is 4.74 Å². The molecule has 1 saturated heterocycles. The molecular weight excluding hydrogens is 227 g/mol. The predicted molar refractivity (Wildman–Crippen MR) is 60.7 cm³/mol. The van der Waals surface area contributed by atoms with Gasteiger partial charge in [-0.05, 0) is 36.6 Å². The van der Waals surface area contributed by atoms with Crippen LogP contribution < -0.4 is 0 Å². The molecule has 2 aliphatic rings. The Hall–Kier alpha value is -0.740. The van der Waals surface area contributed by atoms with Gasteiger partial charge in [0.05, 0.1) is 11.4 Å². The Balaban J connectivity index is 1.93. The number of rotatable bonds is 0. The number of thioether (sulfide) groups is 1. The summed E-state index contributed by atoms with van der Waals surface area (Å²) < 4.78 is 18.8. The molecule has 1 aromatic carbocycles. The van der Waals surface area contributed by atoms with E-state index in [9.17, 15) is 9.50 Å². The Morgan fingerprint density at radius 2 is 2.38 bits per heavy atom. The number of hydrogen-bond donors (Lipinski definition) is 1. The van der Waals surface area contributed by atoms with Crippen molar-refractivity contribution in [2.24, 2.45) is 0 Å². The number of benzene rings is 1. The molecule has 1 aromatic rings. The third-order valence-electron chi connectivity index (χ3n) is 3.35. The minimum atomic E-state index is -0.916. The quantitative estimate of drug-likeness (QED) is 0.755. The molecule has 2 heterocycles. The first-order chi connectivity index (χ1) is 7.70. The zero-order valence-corrected chi connectivity index (χ0v) is 9.60. The molecule has 1 N–H and O–H groups in total. The van der Waals surface area contributed by atoms with Crippen molar-refractivity contribution in [2.75, 3.05) is 13.2 Å². The van der Waals surface area contributed by atoms with Crippen LogP contribution in [0.15, 0.2) is 23.1 Å². The molecule has 1 fully saturated rings. The van der Waals surface area contributed by atoms with Gasteiger partial charge in [0.1, 0.15) is 11.9 Å². The number of phenolic OH excluding ortho intramolecular Hbond substituents is 1. The van der Waals surface area contributed by atoms with Gasteiger partial charge in [-0.1, -0.05) is 0 Å². The number of aromatic hydroxyl groups is 1. The van der Waals surface area contributed by atoms with Crippen LogP contribution in [0.3, 0.4) is 0 Å². The monoisotopic (exact) mass is 240 g/mol. The highest BCUT2D eigenvalue weighted by atomic mass is 32.2. The van der Waals surface area contributed by atoms with Crippen LogP contribution in [0.2, 0.25) is 0 Å². The molecule has 0 amide bonds. The lowest BCUT2D eigenvalue weighted by molar-refractivity contribution is 0.0133. The fourth-order valence-corrected chi connectivity index (χ4v) is 3.88. The zero-order chi connectivity index (χ0) is 11.2. The zero-order valence-electron chi connectivity index (χ0n) is 8.78. The summed E-state index contributed by atoms with van der Waals surface area (Å²) in [4.78, 5) is 1.10. The van der Waals surface area contributed by atoms with Crippen molar-refractivity contribution in [1.82, 2.24) is 0 Å². The third-order valence-corrected chi connectivity index (χ3v) is 4.98. The summed E-state index contributed by atoms with van der Waals surface area (Å²) in [6, 6.07) is 5.29. The molecule has 4 heteroatoms. The van der Waals surface area contributed by atoms with E-state index in [0.717, 1.165) is 16.9 Å². The third kappa shape index (κ3) is 1.52. The summed E-state index contributed by atoms with van der Waals surface area (Å²) in [7, 11) is 0. The van der Waals surface area contributed by atoms with Crippen molar-refractivity contribution in [3.63, 3.8) is 0 Å². The SMILES string of the molecule is Oc1ccc2c(c1)CC1(CCOCC1F)S2. The summed E-state index contributed by atoms with van der Waals surface area (Å²) in [6.45, 7) is 0.834. The van der Waals surface area contributed by atoms with Crippen molar-refractivity contribution >= 4 is 11.8 Å². The number of phenols is 1. The lowest BCUT2D eigenvalue weighted by atomic mass is 9.90. The number of alkyl halides is 1. The van der Waals surface area contributed by atoms with Crippen molar-refractivity contribution in [1.29, 1.82) is 0 Å². The first-order valence-electron chi connectivity index (χ1n) is 5.42. The van der Waals surface area contributed by atoms with Gasteiger partial charge in [0.15, 0.2) is 0 Å². The molecule has 2 unspecified atom stereocenters. The van der Waals surface area contributed by atoms with Gasteiger partial charge in [-0.3, -0.25) is 0 Å². The van der Waals surface area contributed by atoms with E-state index in [-0.39, 0.29) is 17.1 Å². The van der Waals surface area contributed by atoms with Crippen LogP contribution in [0.4, 0.5) is 4.39 Å². The van der Waals surface area contributed by atoms with Crippen LogP contribution in [-0.4, -0.2) is 29.2 Å². The Morgan fingerprint density at radius 3 is 3.19 bits per heavy atom. The molecule has 86 valence electrons. The highest BCUT2D eigenvalue weighted by Crippen LogP contribution is 2.51. The van der Waals surface area contributed by atoms with E-state index in [1.807, 2.05) is 6.07 Å². The standard InChI is InChI=1S/C12H13FO2S/c13-11-7-15-4-3-12(11)6-8-5-9(14)1-2-10(8)16-12/h1-2,5,11,14H,3-4,6-7H2. The molecule has 2 atom stereocenters. The first-order valence-corrected chi connectivity index (χ1v) is 6.24. The van der Waals surface area contributed by atoms with Gasteiger partial charge >= 0.3 is 0 Å². The minimum absolute atomic E-state index is 0.201. The summed E-state index contributed by atoms with van der Waals surface area (Å²) in [5.41, 5.74) is 1.06. The van der Waals surface area contributed by atoms with Crippen molar-refractivity contribution < 1.29 is 14.2 Å². The van der Waals surface area contributed by atoms with E-state index in [0.29, 0.717) is 13.0 Å². The van der Waals surface area contributed by atoms with E-state index < -0.39 is 6.17 Å². The summed E-state index contributed by atoms with van der Waals surface area (Å²) in [6.07, 6.45) is 0.529. The summed E-state index contributed by atoms with van der Waals surface area (Å²) in [5, 5.41) is 9.42. The number of ether oxygens (including phenoxy) is 1. The van der Waals surface area contributed by atoms with Crippen LogP contribution in [-0.2, 0) is 11.2 Å². The van der Waals surface area contributed by atoms with Gasteiger partial charge in [0.25, 0.3) is 0 Å². The molecule has 0 saturated carbocycles. The maximum Gasteiger partial charge on any atom is 0.139 e. The number of hydrogen-bond acceptors (Lipinski definition) is 3. The van der Waals surface area contributed by atoms with E-state index in [1.54, 1.807) is 23.9 Å². The van der Waals surface area contributed by atoms with E-state index >= 15 is 0 Å². The van der Waals surface area contributed by atoms with Gasteiger partial charge in [-0.25, -0.2) is 4.39 Å². The van der Waals surface area contributed by atoms with Crippen LogP contribution >= 0.6 is 11.8 Å². The highest BCUT2D eigenvalue weighted by Gasteiger charge is 2.47. The number of fused-ring (bicyclic) bond motifs is 1. The Kier molecular flexibility index (Phi) is 2.37. The molecule has 2 aliphatic heterocycles. The normalized spacial score (nSPS) is 32.9. The number of halogens is 1. The van der Waals surface area contributed by atoms with E-state index in [2.05, 4.69) is 0 Å². The molecule has 0 aliphatic carbocycles. The van der Waals surface area contributed by atoms with Gasteiger partial charge in [-0.2, -0.15) is 0 Å². The van der Waals surface area contributed by atoms with Gasteiger partial charge in [-0.15, -0.1) is 11.8 Å². The van der Waals surface area contributed by atoms with Crippen LogP contribution in [0, 0.1) is 0 Å². The summed E-state index contributed by atoms with van der Waals surface area (Å²) in [5.74, 6) is 0.263. The van der Waals surface area contributed by atoms with Crippen molar-refractivity contribution in [2.45, 2.75) is 28.7 Å². The largest absolute Gasteiger partial charge is 0.508 e. The Morgan fingerprint density at radius 1 is 1.50 bits per heavy atom. The molecule has 1 spiro atoms. The smallest absolute Gasteiger partial charge is 0.139 e. The molecule has 16 heavy (non-hydrogen) atoms. The maximum absolute atomic E-state index is 14.0. The van der Waals surface area contributed by atoms with Crippen molar-refractivity contribution in [3.05, 3.63) is 23.8 Å². The lowest BCUT2D eigenvalue weighted by Crippen LogP contribution is -2.44. The second-order valence-corrected chi connectivity index (χ2v) is 5.89. The average Bonchev–Trinajstić information content (AvgIpc) is 2.61. The van der Waals surface area contributed by atoms with Gasteiger partial charge < -0.3 is 9.84 Å². The summed E-state index contributed by atoms with van der Waals surface area (Å²) >= 11 is 1.61. The van der Waals surface area contributed by atoms with Crippen LogP contribution in [0.5, 0.6) is 5.75 Å². The fourth-order valence-electron chi connectivity index (χ4n) is 2.44. The lowest BCUT2D eigenvalue weighted by Gasteiger charge is -2.35. The molecule has 2 nitrogen and oxygen atoms in total. The van der Waals surface area contributed by atoms with Crippen LogP contribution in [0.1, 0.15) is 12.0 Å². The second kappa shape index (κ2) is 3.64. The highest BCUT2D eigenvalue weighted by molar-refractivity contribution is 8.01. The average molecular weight is 240 g/mol. The molecule has 0 bridgehead atoms. The van der Waals surface area contributed by atoms with E-state index in [1.165, 1.54) is 0 Å². The molecule has 0 aromatic heterocycles. The van der Waals surface area contributed by atoms with Crippen molar-refractivity contribution in [3.8, 4) is 5.75 Å². The second-order valence-electron chi connectivity index (χ2n) is 4.43. The Bertz CT molecular complexity index is 423. The first kappa shape index (κ1) is 10.4.